The Morgan fingerprint density at radius 3 is 2.36 bits per heavy atom. The fourth-order valence-electron chi connectivity index (χ4n) is 6.17. The Morgan fingerprint density at radius 2 is 1.71 bits per heavy atom. The zero-order chi connectivity index (χ0) is 41.4. The highest BCUT2D eigenvalue weighted by Gasteiger charge is 2.42. The highest BCUT2D eigenvalue weighted by Crippen LogP contribution is 2.36. The fourth-order valence-corrected chi connectivity index (χ4v) is 6.33. The van der Waals surface area contributed by atoms with Gasteiger partial charge in [0.25, 0.3) is 11.8 Å². The molecular weight excluding hydrogens is 789 g/mol. The lowest BCUT2D eigenvalue weighted by molar-refractivity contribution is -0.170. The molecule has 0 saturated carbocycles. The van der Waals surface area contributed by atoms with Crippen LogP contribution in [0.3, 0.4) is 0 Å². The molecule has 0 spiro atoms. The van der Waals surface area contributed by atoms with Gasteiger partial charge in [-0.05, 0) is 83.9 Å². The number of pyridine rings is 1. The van der Waals surface area contributed by atoms with Gasteiger partial charge in [-0.1, -0.05) is 79.0 Å². The minimum Gasteiger partial charge on any atom is -0.460 e. The van der Waals surface area contributed by atoms with Crippen molar-refractivity contribution in [2.45, 2.75) is 108 Å². The van der Waals surface area contributed by atoms with Crippen molar-refractivity contribution in [3.63, 3.8) is 0 Å². The molecule has 0 aliphatic carbocycles. The molecule has 308 valence electrons. The summed E-state index contributed by atoms with van der Waals surface area (Å²) >= 11 is 17.1. The molecule has 1 aromatic carbocycles. The first-order chi connectivity index (χ1) is 26.2. The van der Waals surface area contributed by atoms with Gasteiger partial charge in [0.1, 0.15) is 24.3 Å². The van der Waals surface area contributed by atoms with Gasteiger partial charge in [0, 0.05) is 25.1 Å². The Morgan fingerprint density at radius 1 is 1.04 bits per heavy atom. The number of nitrogens with one attached hydrogen (secondary N) is 3. The summed E-state index contributed by atoms with van der Waals surface area (Å²) in [6.07, 6.45) is 3.43. The summed E-state index contributed by atoms with van der Waals surface area (Å²) in [5.41, 5.74) is 3.25. The van der Waals surface area contributed by atoms with Crippen LogP contribution < -0.4 is 16.1 Å². The Kier molecular flexibility index (Phi) is 15.4. The number of nitrogens with zero attached hydrogens (tertiary/aromatic N) is 2. The van der Waals surface area contributed by atoms with Crippen LogP contribution in [0.4, 0.5) is 4.79 Å². The Balaban J connectivity index is 1.44. The maximum Gasteiger partial charge on any atom is 0.408 e. The van der Waals surface area contributed by atoms with Gasteiger partial charge in [-0.25, -0.2) is 10.2 Å². The SMILES string of the molecule is CC(C)[C@H](OC(=O)C1(/C=C/c2ccc3ccc([C@@H](C)NC(=O)OC(C)(C)C)nc3c2)CCOCC1)C(=O)N[C@@H](C)C(=O)N1CCC[C@@H](C(=O)OCC(Cl)(Cl)Cl)N1. The number of ether oxygens (including phenoxy) is 4. The monoisotopic (exact) mass is 839 g/mol. The number of hydrogen-bond acceptors (Lipinski definition) is 11. The number of alkyl halides is 3. The molecule has 0 unspecified atom stereocenters. The predicted octanol–water partition coefficient (Wildman–Crippen LogP) is 6.11. The number of esters is 2. The van der Waals surface area contributed by atoms with Crippen molar-refractivity contribution in [1.82, 2.24) is 26.1 Å². The standard InChI is InChI=1S/C39H52Cl3N5O9/c1-23(2)31(32(48)43-25(4)33(49)47-18-8-9-29(46-47)34(50)54-22-39(40,41)42)55-35(51)38(16-19-53-20-17-38)15-14-26-10-11-27-12-13-28(45-30(27)21-26)24(3)44-36(52)56-37(5,6)7/h10-15,21,23-25,29,31,46H,8-9,16-20,22H2,1-7H3,(H,43,48)(H,44,52)/b15-14+/t24-,25+,29+,31+/m1/s1. The zero-order valence-electron chi connectivity index (χ0n) is 32.8. The first-order valence-electron chi connectivity index (χ1n) is 18.7. The van der Waals surface area contributed by atoms with Crippen molar-refractivity contribution in [3.05, 3.63) is 47.7 Å². The second-order valence-electron chi connectivity index (χ2n) is 15.5. The number of aromatic nitrogens is 1. The van der Waals surface area contributed by atoms with Crippen LogP contribution in [0.5, 0.6) is 0 Å². The molecule has 14 nitrogen and oxygen atoms in total. The third kappa shape index (κ3) is 12.9. The summed E-state index contributed by atoms with van der Waals surface area (Å²) < 4.78 is 20.2. The van der Waals surface area contributed by atoms with Gasteiger partial charge in [0.05, 0.1) is 22.7 Å². The third-order valence-electron chi connectivity index (χ3n) is 9.24. The van der Waals surface area contributed by atoms with Gasteiger partial charge in [0.2, 0.25) is 3.79 Å². The molecule has 2 aliphatic heterocycles. The van der Waals surface area contributed by atoms with E-state index in [4.69, 9.17) is 58.7 Å². The fraction of sp³-hybridized carbons (Fsp3) is 0.590. The van der Waals surface area contributed by atoms with E-state index in [0.29, 0.717) is 50.1 Å². The first-order valence-corrected chi connectivity index (χ1v) is 19.8. The summed E-state index contributed by atoms with van der Waals surface area (Å²) in [7, 11) is 0. The minimum absolute atomic E-state index is 0.283. The Hall–Kier alpha value is -3.69. The Bertz CT molecular complexity index is 1770. The largest absolute Gasteiger partial charge is 0.460 e. The van der Waals surface area contributed by atoms with Crippen LogP contribution in [0.15, 0.2) is 36.4 Å². The minimum atomic E-state index is -1.78. The van der Waals surface area contributed by atoms with Crippen molar-refractivity contribution in [2.75, 3.05) is 26.4 Å². The number of carbonyl (C=O) groups excluding carboxylic acids is 5. The summed E-state index contributed by atoms with van der Waals surface area (Å²) in [4.78, 5) is 70.6. The number of fused-ring (bicyclic) bond motifs is 1. The van der Waals surface area contributed by atoms with Gasteiger partial charge in [0.15, 0.2) is 6.10 Å². The highest BCUT2D eigenvalue weighted by molar-refractivity contribution is 6.67. The topological polar surface area (TPSA) is 174 Å². The number of hydrazine groups is 1. The quantitative estimate of drug-likeness (QED) is 0.128. The van der Waals surface area contributed by atoms with E-state index in [2.05, 4.69) is 16.1 Å². The molecule has 17 heteroatoms. The molecule has 2 fully saturated rings. The zero-order valence-corrected chi connectivity index (χ0v) is 35.1. The number of alkyl carbamates (subject to hydrolysis) is 1. The van der Waals surface area contributed by atoms with Crippen LogP contribution in [-0.2, 0) is 38.1 Å². The molecular formula is C39H52Cl3N5O9. The summed E-state index contributed by atoms with van der Waals surface area (Å²) in [6, 6.07) is 7.21. The second kappa shape index (κ2) is 19.2. The van der Waals surface area contributed by atoms with Crippen molar-refractivity contribution in [2.24, 2.45) is 11.3 Å². The number of rotatable bonds is 12. The first kappa shape index (κ1) is 45.0. The molecule has 56 heavy (non-hydrogen) atoms. The van der Waals surface area contributed by atoms with Gasteiger partial charge >= 0.3 is 18.0 Å². The molecule has 4 atom stereocenters. The molecule has 3 N–H and O–H groups in total. The molecule has 3 heterocycles. The van der Waals surface area contributed by atoms with Crippen molar-refractivity contribution < 1.29 is 42.9 Å². The summed E-state index contributed by atoms with van der Waals surface area (Å²) in [5, 5.41) is 7.64. The average Bonchev–Trinajstić information content (AvgIpc) is 3.13. The number of benzene rings is 1. The van der Waals surface area contributed by atoms with E-state index < -0.39 is 81.4 Å². The number of carbonyl (C=O) groups is 5. The number of halogens is 3. The third-order valence-corrected chi connectivity index (χ3v) is 9.57. The van der Waals surface area contributed by atoms with Gasteiger partial charge in [-0.3, -0.25) is 29.2 Å². The molecule has 2 aliphatic rings. The lowest BCUT2D eigenvalue weighted by Gasteiger charge is -2.35. The van der Waals surface area contributed by atoms with Crippen LogP contribution >= 0.6 is 34.8 Å². The highest BCUT2D eigenvalue weighted by atomic mass is 35.6. The van der Waals surface area contributed by atoms with Crippen molar-refractivity contribution in [1.29, 1.82) is 0 Å². The lowest BCUT2D eigenvalue weighted by Crippen LogP contribution is -2.60. The van der Waals surface area contributed by atoms with Crippen LogP contribution in [0, 0.1) is 11.3 Å². The molecule has 0 radical (unpaired) electrons. The molecule has 2 saturated heterocycles. The average molecular weight is 841 g/mol. The van der Waals surface area contributed by atoms with Gasteiger partial charge < -0.3 is 29.6 Å². The molecule has 4 rings (SSSR count). The van der Waals surface area contributed by atoms with E-state index in [1.165, 1.54) is 11.9 Å². The lowest BCUT2D eigenvalue weighted by atomic mass is 9.79. The second-order valence-corrected chi connectivity index (χ2v) is 18.0. The van der Waals surface area contributed by atoms with Crippen LogP contribution in [0.1, 0.15) is 91.4 Å². The van der Waals surface area contributed by atoms with Gasteiger partial charge in [-0.2, -0.15) is 0 Å². The van der Waals surface area contributed by atoms with Crippen LogP contribution in [0.25, 0.3) is 17.0 Å². The summed E-state index contributed by atoms with van der Waals surface area (Å²) in [6.45, 7) is 12.7. The van der Waals surface area contributed by atoms with E-state index in [0.717, 1.165) is 10.9 Å². The van der Waals surface area contributed by atoms with Crippen molar-refractivity contribution >= 4 is 81.6 Å². The predicted molar refractivity (Wildman–Crippen MR) is 212 cm³/mol. The molecule has 3 amide bonds. The number of amides is 3. The normalized spacial score (nSPS) is 19.2. The van der Waals surface area contributed by atoms with Crippen molar-refractivity contribution in [3.8, 4) is 0 Å². The van der Waals surface area contributed by atoms with Gasteiger partial charge in [-0.15, -0.1) is 0 Å². The van der Waals surface area contributed by atoms with E-state index >= 15 is 0 Å². The van der Waals surface area contributed by atoms with E-state index in [-0.39, 0.29) is 6.54 Å². The van der Waals surface area contributed by atoms with Crippen LogP contribution in [-0.4, -0.2) is 93.8 Å². The smallest absolute Gasteiger partial charge is 0.408 e. The molecule has 1 aromatic heterocycles. The van der Waals surface area contributed by atoms with Crippen LogP contribution in [0.2, 0.25) is 0 Å². The maximum absolute atomic E-state index is 14.0. The summed E-state index contributed by atoms with van der Waals surface area (Å²) in [5.74, 6) is -2.83. The number of hydrogen-bond donors (Lipinski definition) is 3. The molecule has 2 aromatic rings. The van der Waals surface area contributed by atoms with E-state index in [9.17, 15) is 24.0 Å². The molecule has 0 bridgehead atoms. The van der Waals surface area contributed by atoms with E-state index in [1.807, 2.05) is 43.3 Å². The van der Waals surface area contributed by atoms with E-state index in [1.54, 1.807) is 40.7 Å². The Labute approximate surface area is 342 Å². The maximum atomic E-state index is 14.0.